The SMILES string of the molecule is CNC(C)CC(C)C1CC1. The molecule has 1 fully saturated rings. The van der Waals surface area contributed by atoms with Crippen molar-refractivity contribution in [1.82, 2.24) is 5.32 Å². The highest BCUT2D eigenvalue weighted by Crippen LogP contribution is 2.38. The summed E-state index contributed by atoms with van der Waals surface area (Å²) in [5.41, 5.74) is 0. The van der Waals surface area contributed by atoms with Crippen molar-refractivity contribution in [3.63, 3.8) is 0 Å². The van der Waals surface area contributed by atoms with Gasteiger partial charge in [-0.25, -0.2) is 0 Å². The molecule has 1 heteroatoms. The van der Waals surface area contributed by atoms with Crippen LogP contribution in [-0.2, 0) is 0 Å². The van der Waals surface area contributed by atoms with Crippen LogP contribution in [0.4, 0.5) is 0 Å². The topological polar surface area (TPSA) is 12.0 Å². The molecular formula is C9H19N. The van der Waals surface area contributed by atoms with Gasteiger partial charge in [0.25, 0.3) is 0 Å². The maximum Gasteiger partial charge on any atom is 0.00383 e. The molecule has 0 radical (unpaired) electrons. The molecule has 1 saturated carbocycles. The van der Waals surface area contributed by atoms with Crippen LogP contribution in [0.2, 0.25) is 0 Å². The van der Waals surface area contributed by atoms with E-state index in [-0.39, 0.29) is 0 Å². The van der Waals surface area contributed by atoms with E-state index in [2.05, 4.69) is 19.2 Å². The Morgan fingerprint density at radius 3 is 2.40 bits per heavy atom. The highest BCUT2D eigenvalue weighted by Gasteiger charge is 2.28. The van der Waals surface area contributed by atoms with Gasteiger partial charge in [0.15, 0.2) is 0 Å². The zero-order valence-electron chi connectivity index (χ0n) is 7.35. The van der Waals surface area contributed by atoms with Gasteiger partial charge in [-0.1, -0.05) is 6.92 Å². The Bertz CT molecular complexity index is 96.9. The molecule has 0 bridgehead atoms. The molecule has 60 valence electrons. The zero-order chi connectivity index (χ0) is 7.56. The molecular weight excluding hydrogens is 122 g/mol. The molecule has 1 rings (SSSR count). The predicted octanol–water partition coefficient (Wildman–Crippen LogP) is 2.03. The van der Waals surface area contributed by atoms with Gasteiger partial charge in [0, 0.05) is 6.04 Å². The lowest BCUT2D eigenvalue weighted by molar-refractivity contribution is 0.403. The third-order valence-corrected chi connectivity index (χ3v) is 2.64. The highest BCUT2D eigenvalue weighted by atomic mass is 14.8. The van der Waals surface area contributed by atoms with Crippen molar-refractivity contribution in [1.29, 1.82) is 0 Å². The minimum atomic E-state index is 0.704. The summed E-state index contributed by atoms with van der Waals surface area (Å²) in [5, 5.41) is 3.28. The van der Waals surface area contributed by atoms with Crippen molar-refractivity contribution < 1.29 is 0 Å². The van der Waals surface area contributed by atoms with Crippen LogP contribution in [0, 0.1) is 11.8 Å². The van der Waals surface area contributed by atoms with Crippen LogP contribution in [0.25, 0.3) is 0 Å². The summed E-state index contributed by atoms with van der Waals surface area (Å²) < 4.78 is 0. The molecule has 2 atom stereocenters. The number of hydrogen-bond donors (Lipinski definition) is 1. The van der Waals surface area contributed by atoms with Crippen molar-refractivity contribution in [2.45, 2.75) is 39.2 Å². The van der Waals surface area contributed by atoms with Gasteiger partial charge in [0.05, 0.1) is 0 Å². The monoisotopic (exact) mass is 141 g/mol. The minimum absolute atomic E-state index is 0.704. The summed E-state index contributed by atoms with van der Waals surface area (Å²) in [7, 11) is 2.05. The lowest BCUT2D eigenvalue weighted by Gasteiger charge is -2.15. The van der Waals surface area contributed by atoms with Crippen LogP contribution < -0.4 is 5.32 Å². The lowest BCUT2D eigenvalue weighted by Crippen LogP contribution is -2.24. The standard InChI is InChI=1S/C9H19N/c1-7(9-4-5-9)6-8(2)10-3/h7-10H,4-6H2,1-3H3. The minimum Gasteiger partial charge on any atom is -0.317 e. The molecule has 10 heavy (non-hydrogen) atoms. The van der Waals surface area contributed by atoms with Crippen LogP contribution in [0.1, 0.15) is 33.1 Å². The molecule has 2 unspecified atom stereocenters. The summed E-state index contributed by atoms with van der Waals surface area (Å²) in [6.45, 7) is 4.64. The van der Waals surface area contributed by atoms with Gasteiger partial charge in [-0.3, -0.25) is 0 Å². The molecule has 0 spiro atoms. The fourth-order valence-electron chi connectivity index (χ4n) is 1.53. The smallest absolute Gasteiger partial charge is 0.00383 e. The van der Waals surface area contributed by atoms with E-state index >= 15 is 0 Å². The summed E-state index contributed by atoms with van der Waals surface area (Å²) >= 11 is 0. The average Bonchev–Trinajstić information content (AvgIpc) is 2.68. The fourth-order valence-corrected chi connectivity index (χ4v) is 1.53. The Balaban J connectivity index is 2.10. The summed E-state index contributed by atoms with van der Waals surface area (Å²) in [6, 6.07) is 0.704. The molecule has 0 heterocycles. The van der Waals surface area contributed by atoms with Gasteiger partial charge in [0.1, 0.15) is 0 Å². The second-order valence-electron chi connectivity index (χ2n) is 3.74. The van der Waals surface area contributed by atoms with E-state index in [4.69, 9.17) is 0 Å². The second-order valence-corrected chi connectivity index (χ2v) is 3.74. The van der Waals surface area contributed by atoms with E-state index in [1.165, 1.54) is 19.3 Å². The van der Waals surface area contributed by atoms with Crippen molar-refractivity contribution in [2.75, 3.05) is 7.05 Å². The normalized spacial score (nSPS) is 24.3. The average molecular weight is 141 g/mol. The molecule has 0 aliphatic heterocycles. The Kier molecular flexibility index (Phi) is 2.72. The molecule has 1 aliphatic carbocycles. The second kappa shape index (κ2) is 3.38. The molecule has 0 amide bonds. The molecule has 0 aromatic rings. The van der Waals surface area contributed by atoms with E-state index in [1.54, 1.807) is 0 Å². The van der Waals surface area contributed by atoms with Gasteiger partial charge in [-0.15, -0.1) is 0 Å². The van der Waals surface area contributed by atoms with Crippen LogP contribution in [0.15, 0.2) is 0 Å². The van der Waals surface area contributed by atoms with E-state index < -0.39 is 0 Å². The predicted molar refractivity (Wildman–Crippen MR) is 45.0 cm³/mol. The van der Waals surface area contributed by atoms with Crippen molar-refractivity contribution in [2.24, 2.45) is 11.8 Å². The Labute approximate surface area is 64.2 Å². The summed E-state index contributed by atoms with van der Waals surface area (Å²) in [4.78, 5) is 0. The lowest BCUT2D eigenvalue weighted by atomic mass is 9.98. The molecule has 1 nitrogen and oxygen atoms in total. The summed E-state index contributed by atoms with van der Waals surface area (Å²) in [6.07, 6.45) is 4.32. The first kappa shape index (κ1) is 8.06. The quantitative estimate of drug-likeness (QED) is 0.631. The Hall–Kier alpha value is -0.0400. The Morgan fingerprint density at radius 2 is 2.00 bits per heavy atom. The summed E-state index contributed by atoms with van der Waals surface area (Å²) in [5.74, 6) is 2.01. The van der Waals surface area contributed by atoms with Gasteiger partial charge in [-0.2, -0.15) is 0 Å². The number of hydrogen-bond acceptors (Lipinski definition) is 1. The number of rotatable bonds is 4. The van der Waals surface area contributed by atoms with Gasteiger partial charge in [-0.05, 0) is 45.1 Å². The van der Waals surface area contributed by atoms with Crippen molar-refractivity contribution in [3.05, 3.63) is 0 Å². The van der Waals surface area contributed by atoms with Crippen LogP contribution in [-0.4, -0.2) is 13.1 Å². The third kappa shape index (κ3) is 2.30. The molecule has 1 N–H and O–H groups in total. The highest BCUT2D eigenvalue weighted by molar-refractivity contribution is 4.80. The first-order valence-electron chi connectivity index (χ1n) is 4.41. The van der Waals surface area contributed by atoms with E-state index in [0.29, 0.717) is 6.04 Å². The first-order chi connectivity index (χ1) is 4.74. The van der Waals surface area contributed by atoms with E-state index in [1.807, 2.05) is 7.05 Å². The fraction of sp³-hybridized carbons (Fsp3) is 1.00. The maximum atomic E-state index is 3.28. The van der Waals surface area contributed by atoms with Crippen molar-refractivity contribution >= 4 is 0 Å². The van der Waals surface area contributed by atoms with Gasteiger partial charge < -0.3 is 5.32 Å². The van der Waals surface area contributed by atoms with Gasteiger partial charge in [0.2, 0.25) is 0 Å². The largest absolute Gasteiger partial charge is 0.317 e. The first-order valence-corrected chi connectivity index (χ1v) is 4.41. The number of nitrogens with one attached hydrogen (secondary N) is 1. The van der Waals surface area contributed by atoms with Crippen LogP contribution >= 0.6 is 0 Å². The molecule has 0 saturated heterocycles. The third-order valence-electron chi connectivity index (χ3n) is 2.64. The molecule has 0 aromatic carbocycles. The maximum absolute atomic E-state index is 3.28. The van der Waals surface area contributed by atoms with E-state index in [9.17, 15) is 0 Å². The van der Waals surface area contributed by atoms with Crippen molar-refractivity contribution in [3.8, 4) is 0 Å². The zero-order valence-corrected chi connectivity index (χ0v) is 7.35. The van der Waals surface area contributed by atoms with Gasteiger partial charge >= 0.3 is 0 Å². The molecule has 0 aromatic heterocycles. The van der Waals surface area contributed by atoms with Crippen LogP contribution in [0.3, 0.4) is 0 Å². The molecule has 1 aliphatic rings. The van der Waals surface area contributed by atoms with Crippen LogP contribution in [0.5, 0.6) is 0 Å². The van der Waals surface area contributed by atoms with E-state index in [0.717, 1.165) is 11.8 Å². The Morgan fingerprint density at radius 1 is 1.40 bits per heavy atom.